The van der Waals surface area contributed by atoms with E-state index in [1.54, 1.807) is 0 Å². The van der Waals surface area contributed by atoms with Crippen LogP contribution in [-0.4, -0.2) is 41.5 Å². The third-order valence-corrected chi connectivity index (χ3v) is 6.93. The number of hydrogen-bond acceptors (Lipinski definition) is 5. The van der Waals surface area contributed by atoms with E-state index in [-0.39, 0.29) is 64.2 Å². The molecule has 0 saturated carbocycles. The number of nitrogens with zero attached hydrogens (tertiary/aromatic N) is 1. The van der Waals surface area contributed by atoms with Gasteiger partial charge < -0.3 is 19.2 Å². The summed E-state index contributed by atoms with van der Waals surface area (Å²) < 4.78 is 17.1. The molecule has 32 heavy (non-hydrogen) atoms. The first-order valence-electron chi connectivity index (χ1n) is 9.40. The maximum absolute atomic E-state index is 11.8. The van der Waals surface area contributed by atoms with Gasteiger partial charge in [0.05, 0.1) is 0 Å². The Morgan fingerprint density at radius 1 is 0.938 bits per heavy atom. The number of para-hydroxylation sites is 2. The molecular formula is C23H21NNa2O4PS. The van der Waals surface area contributed by atoms with Gasteiger partial charge in [-0.25, -0.2) is 0 Å². The third-order valence-electron chi connectivity index (χ3n) is 5.08. The second-order valence-electron chi connectivity index (χ2n) is 7.14. The average Bonchev–Trinajstić information content (AvgIpc) is 2.70. The topological polar surface area (TPSA) is 72.8 Å². The molecular weight excluding hydrogens is 463 g/mol. The zero-order valence-corrected chi connectivity index (χ0v) is 24.5. The Labute approximate surface area is 237 Å². The number of phosphoric ester groups is 1. The van der Waals surface area contributed by atoms with E-state index >= 15 is 0 Å². The third kappa shape index (κ3) is 5.76. The number of rotatable bonds is 4. The fourth-order valence-corrected chi connectivity index (χ4v) is 5.42. The van der Waals surface area contributed by atoms with Gasteiger partial charge in [0.1, 0.15) is 0 Å². The van der Waals surface area contributed by atoms with Gasteiger partial charge in [0.2, 0.25) is 0 Å². The van der Waals surface area contributed by atoms with Crippen molar-refractivity contribution in [2.24, 2.45) is 0 Å². The van der Waals surface area contributed by atoms with Crippen molar-refractivity contribution in [2.45, 2.75) is 18.7 Å². The predicted octanol–water partition coefficient (Wildman–Crippen LogP) is 1.99. The summed E-state index contributed by atoms with van der Waals surface area (Å²) in [6.07, 6.45) is 0. The Morgan fingerprint density at radius 2 is 1.41 bits per heavy atom. The van der Waals surface area contributed by atoms with Crippen molar-refractivity contribution in [1.82, 2.24) is 0 Å². The fraction of sp³-hybridized carbons (Fsp3) is 0.130. The summed E-state index contributed by atoms with van der Waals surface area (Å²) in [7, 11) is -3.07. The van der Waals surface area contributed by atoms with Crippen LogP contribution in [0.2, 0.25) is 0 Å². The van der Waals surface area contributed by atoms with Gasteiger partial charge in [0.25, 0.3) is 0 Å². The first-order valence-corrected chi connectivity index (χ1v) is 11.7. The number of phosphoric acid groups is 1. The molecule has 155 valence electrons. The van der Waals surface area contributed by atoms with Crippen molar-refractivity contribution in [3.63, 3.8) is 0 Å². The van der Waals surface area contributed by atoms with Gasteiger partial charge >= 0.3 is 37.4 Å². The standard InChI is InChI=1S/C23H22NO4PS.2Na/c1-15-9-8-10-16(2)22(15)30-23(28-29(25,26)27)21-17-11-4-6-13-19(17)24(3)20-14-7-5-12-18(20)21;;/h4-14H,1-3H3,(H2,25,26,27);;/q;;+1/p-1. The Bertz CT molecular complexity index is 1140. The van der Waals surface area contributed by atoms with Crippen molar-refractivity contribution in [3.05, 3.63) is 94.1 Å². The van der Waals surface area contributed by atoms with Gasteiger partial charge in [0.15, 0.2) is 5.09 Å². The molecule has 1 aliphatic heterocycles. The summed E-state index contributed by atoms with van der Waals surface area (Å²) in [5.74, 6) is 0. The van der Waals surface area contributed by atoms with Crippen LogP contribution in [0.25, 0.3) is 5.57 Å². The molecule has 3 aromatic rings. The number of thioether (sulfide) groups is 1. The zero-order chi connectivity index (χ0) is 21.5. The van der Waals surface area contributed by atoms with Crippen LogP contribution in [0.3, 0.4) is 0 Å². The van der Waals surface area contributed by atoms with E-state index in [1.165, 1.54) is 11.8 Å². The molecule has 4 rings (SSSR count). The molecule has 0 aliphatic carbocycles. The quantitative estimate of drug-likeness (QED) is 0.264. The molecule has 1 atom stereocenters. The monoisotopic (exact) mass is 484 g/mol. The smallest absolute Gasteiger partial charge is 0.746 e. The van der Waals surface area contributed by atoms with Gasteiger partial charge in [-0.05, 0) is 37.1 Å². The molecule has 0 amide bonds. The molecule has 3 aromatic carbocycles. The van der Waals surface area contributed by atoms with E-state index in [0.717, 1.165) is 38.5 Å². The number of fused-ring (bicyclic) bond motifs is 2. The largest absolute Gasteiger partial charge is 1.00 e. The summed E-state index contributed by atoms with van der Waals surface area (Å²) in [6.45, 7) is 3.92. The maximum atomic E-state index is 11.8. The van der Waals surface area contributed by atoms with Gasteiger partial charge in [-0.1, -0.05) is 66.4 Å². The molecule has 0 fully saturated rings. The van der Waals surface area contributed by atoms with Gasteiger partial charge in [-0.2, -0.15) is 0 Å². The Hall–Kier alpha value is -0.500. The average molecular weight is 484 g/mol. The van der Waals surface area contributed by atoms with Crippen LogP contribution in [0.15, 0.2) is 76.7 Å². The van der Waals surface area contributed by atoms with Crippen LogP contribution in [-0.2, 0) is 9.09 Å². The van der Waals surface area contributed by atoms with Crippen molar-refractivity contribution in [3.8, 4) is 0 Å². The number of anilines is 2. The molecule has 1 aliphatic rings. The van der Waals surface area contributed by atoms with E-state index in [1.807, 2.05) is 87.6 Å². The van der Waals surface area contributed by atoms with E-state index in [0.29, 0.717) is 5.57 Å². The number of hydrogen-bond donors (Lipinski definition) is 1. The second kappa shape index (κ2) is 11.3. The van der Waals surface area contributed by atoms with Crippen LogP contribution < -0.4 is 39.4 Å². The Morgan fingerprint density at radius 3 is 1.88 bits per heavy atom. The van der Waals surface area contributed by atoms with Crippen molar-refractivity contribution in [2.75, 3.05) is 11.9 Å². The first kappa shape index (κ1) is 27.7. The van der Waals surface area contributed by atoms with Crippen molar-refractivity contribution < 1.29 is 48.4 Å². The summed E-state index contributed by atoms with van der Waals surface area (Å²) in [6, 6.07) is 21.4. The minimum absolute atomic E-state index is 0. The van der Waals surface area contributed by atoms with Crippen LogP contribution >= 0.6 is 19.6 Å². The van der Waals surface area contributed by atoms with Crippen LogP contribution in [0.1, 0.15) is 22.3 Å². The summed E-state index contributed by atoms with van der Waals surface area (Å²) in [5, 5.41) is 0.126. The SMILES string of the molecule is Cc1cccc(C)c1SC(OP(=O)([O-])O)=C1c2ccccc2N(C)c2ccccc21.[Na+].[Na]. The van der Waals surface area contributed by atoms with E-state index in [2.05, 4.69) is 4.90 Å². The van der Waals surface area contributed by atoms with E-state index in [9.17, 15) is 14.4 Å². The second-order valence-corrected chi connectivity index (χ2v) is 9.24. The van der Waals surface area contributed by atoms with Crippen LogP contribution in [0.5, 0.6) is 0 Å². The molecule has 0 aromatic heterocycles. The molecule has 1 unspecified atom stereocenters. The van der Waals surface area contributed by atoms with Crippen LogP contribution in [0, 0.1) is 13.8 Å². The molecule has 1 N–H and O–H groups in total. The molecule has 0 bridgehead atoms. The number of benzene rings is 3. The Kier molecular flexibility index (Phi) is 9.78. The first-order chi connectivity index (χ1) is 14.3. The van der Waals surface area contributed by atoms with Crippen LogP contribution in [0.4, 0.5) is 11.4 Å². The van der Waals surface area contributed by atoms with Gasteiger partial charge in [-0.15, -0.1) is 0 Å². The summed E-state index contributed by atoms with van der Waals surface area (Å²) in [5.41, 5.74) is 6.14. The molecule has 9 heteroatoms. The molecule has 1 radical (unpaired) electrons. The van der Waals surface area contributed by atoms with Crippen molar-refractivity contribution in [1.29, 1.82) is 0 Å². The predicted molar refractivity (Wildman–Crippen MR) is 125 cm³/mol. The maximum Gasteiger partial charge on any atom is 1.00 e. The molecule has 0 spiro atoms. The minimum atomic E-state index is -5.04. The fourth-order valence-electron chi connectivity index (χ4n) is 3.72. The Balaban J connectivity index is 0.00000181. The molecule has 0 saturated heterocycles. The zero-order valence-electron chi connectivity index (χ0n) is 18.8. The van der Waals surface area contributed by atoms with E-state index in [4.69, 9.17) is 4.52 Å². The molecule has 1 heterocycles. The minimum Gasteiger partial charge on any atom is -0.746 e. The summed E-state index contributed by atoms with van der Waals surface area (Å²) in [4.78, 5) is 24.4. The van der Waals surface area contributed by atoms with Gasteiger partial charge in [0, 0.05) is 69.6 Å². The van der Waals surface area contributed by atoms with Crippen molar-refractivity contribution >= 4 is 66.1 Å². The molecule has 5 nitrogen and oxygen atoms in total. The summed E-state index contributed by atoms with van der Waals surface area (Å²) >= 11 is 1.21. The normalized spacial score (nSPS) is 13.7. The van der Waals surface area contributed by atoms with Gasteiger partial charge in [-0.3, -0.25) is 4.57 Å². The van der Waals surface area contributed by atoms with E-state index < -0.39 is 7.82 Å². The number of aryl methyl sites for hydroxylation is 2.